The van der Waals surface area contributed by atoms with Crippen molar-refractivity contribution in [1.82, 2.24) is 4.37 Å². The van der Waals surface area contributed by atoms with Crippen molar-refractivity contribution in [2.45, 2.75) is 32.7 Å². The molecule has 1 saturated carbocycles. The van der Waals surface area contributed by atoms with Gasteiger partial charge in [-0.3, -0.25) is 4.79 Å². The van der Waals surface area contributed by atoms with Crippen LogP contribution in [0.2, 0.25) is 0 Å². The number of ketones is 1. The highest BCUT2D eigenvalue weighted by Gasteiger charge is 2.24. The molecule has 1 fully saturated rings. The van der Waals surface area contributed by atoms with E-state index in [0.717, 1.165) is 16.3 Å². The highest BCUT2D eigenvalue weighted by molar-refractivity contribution is 7.10. The standard InChI is InChI=1S/C9H12N2OS/c1-5-8(6(2)12)9(13-11-5)10-7-3-4-7/h7,10H,3-4H2,1-2H3. The van der Waals surface area contributed by atoms with Gasteiger partial charge in [-0.1, -0.05) is 0 Å². The van der Waals surface area contributed by atoms with Crippen molar-refractivity contribution in [2.24, 2.45) is 0 Å². The van der Waals surface area contributed by atoms with E-state index in [9.17, 15) is 4.79 Å². The van der Waals surface area contributed by atoms with Crippen molar-refractivity contribution < 1.29 is 4.79 Å². The number of nitrogens with zero attached hydrogens (tertiary/aromatic N) is 1. The second-order valence-corrected chi connectivity index (χ2v) is 4.22. The van der Waals surface area contributed by atoms with Gasteiger partial charge in [0.15, 0.2) is 5.78 Å². The van der Waals surface area contributed by atoms with Gasteiger partial charge in [-0.15, -0.1) is 0 Å². The molecule has 0 radical (unpaired) electrons. The van der Waals surface area contributed by atoms with Gasteiger partial charge < -0.3 is 5.32 Å². The Morgan fingerprint density at radius 1 is 1.62 bits per heavy atom. The van der Waals surface area contributed by atoms with Gasteiger partial charge >= 0.3 is 0 Å². The largest absolute Gasteiger partial charge is 0.372 e. The molecule has 2 rings (SSSR count). The quantitative estimate of drug-likeness (QED) is 0.754. The predicted molar refractivity (Wildman–Crippen MR) is 53.5 cm³/mol. The molecule has 1 heterocycles. The maximum absolute atomic E-state index is 11.3. The van der Waals surface area contributed by atoms with Gasteiger partial charge in [-0.25, -0.2) is 0 Å². The van der Waals surface area contributed by atoms with Gasteiger partial charge in [-0.2, -0.15) is 4.37 Å². The Balaban J connectivity index is 2.27. The number of nitrogens with one attached hydrogen (secondary N) is 1. The SMILES string of the molecule is CC(=O)c1c(C)nsc1NC1CC1. The van der Waals surface area contributed by atoms with Gasteiger partial charge in [0, 0.05) is 6.04 Å². The van der Waals surface area contributed by atoms with Crippen LogP contribution >= 0.6 is 11.5 Å². The van der Waals surface area contributed by atoms with Crippen LogP contribution in [-0.4, -0.2) is 16.2 Å². The Kier molecular flexibility index (Phi) is 2.07. The highest BCUT2D eigenvalue weighted by atomic mass is 32.1. The highest BCUT2D eigenvalue weighted by Crippen LogP contribution is 2.31. The van der Waals surface area contributed by atoms with E-state index in [1.165, 1.54) is 24.4 Å². The van der Waals surface area contributed by atoms with Gasteiger partial charge in [0.25, 0.3) is 0 Å². The molecule has 0 amide bonds. The van der Waals surface area contributed by atoms with Crippen LogP contribution in [0, 0.1) is 6.92 Å². The van der Waals surface area contributed by atoms with Crippen LogP contribution in [0.25, 0.3) is 0 Å². The smallest absolute Gasteiger partial charge is 0.164 e. The van der Waals surface area contributed by atoms with Crippen LogP contribution in [0.3, 0.4) is 0 Å². The number of hydrogen-bond donors (Lipinski definition) is 1. The Hall–Kier alpha value is -0.900. The van der Waals surface area contributed by atoms with Crippen molar-refractivity contribution in [3.63, 3.8) is 0 Å². The maximum atomic E-state index is 11.3. The van der Waals surface area contributed by atoms with Crippen molar-refractivity contribution in [1.29, 1.82) is 0 Å². The van der Waals surface area contributed by atoms with Gasteiger partial charge in [0.2, 0.25) is 0 Å². The van der Waals surface area contributed by atoms with Crippen molar-refractivity contribution >= 4 is 22.3 Å². The third kappa shape index (κ3) is 1.72. The van der Waals surface area contributed by atoms with Crippen LogP contribution in [0.4, 0.5) is 5.00 Å². The maximum Gasteiger partial charge on any atom is 0.164 e. The molecule has 0 spiro atoms. The van der Waals surface area contributed by atoms with E-state index in [4.69, 9.17) is 0 Å². The van der Waals surface area contributed by atoms with Crippen LogP contribution in [0.15, 0.2) is 0 Å². The van der Waals surface area contributed by atoms with Gasteiger partial charge in [0.1, 0.15) is 5.00 Å². The molecule has 1 aliphatic carbocycles. The number of Topliss-reactive ketones (excluding diaryl/α,β-unsaturated/α-hetero) is 1. The zero-order valence-corrected chi connectivity index (χ0v) is 8.57. The Bertz CT molecular complexity index is 341. The summed E-state index contributed by atoms with van der Waals surface area (Å²) in [6, 6.07) is 0.581. The van der Waals surface area contributed by atoms with E-state index in [-0.39, 0.29) is 5.78 Å². The molecular formula is C9H12N2OS. The molecule has 1 N–H and O–H groups in total. The summed E-state index contributed by atoms with van der Waals surface area (Å²) in [5.74, 6) is 0.106. The third-order valence-corrected chi connectivity index (χ3v) is 3.00. The minimum absolute atomic E-state index is 0.106. The van der Waals surface area contributed by atoms with E-state index in [1.807, 2.05) is 6.92 Å². The second kappa shape index (κ2) is 3.10. The molecule has 1 aliphatic rings. The van der Waals surface area contributed by atoms with Gasteiger partial charge in [0.05, 0.1) is 11.3 Å². The van der Waals surface area contributed by atoms with Crippen molar-refractivity contribution in [2.75, 3.05) is 5.32 Å². The molecule has 13 heavy (non-hydrogen) atoms. The minimum Gasteiger partial charge on any atom is -0.372 e. The lowest BCUT2D eigenvalue weighted by atomic mass is 10.2. The van der Waals surface area contributed by atoms with Crippen LogP contribution < -0.4 is 5.32 Å². The molecule has 4 heteroatoms. The first-order chi connectivity index (χ1) is 6.18. The molecule has 0 bridgehead atoms. The molecular weight excluding hydrogens is 184 g/mol. The molecule has 70 valence electrons. The molecule has 0 aliphatic heterocycles. The van der Waals surface area contributed by atoms with Crippen LogP contribution in [0.5, 0.6) is 0 Å². The number of hydrogen-bond acceptors (Lipinski definition) is 4. The fourth-order valence-corrected chi connectivity index (χ4v) is 2.22. The fourth-order valence-electron chi connectivity index (χ4n) is 1.30. The summed E-state index contributed by atoms with van der Waals surface area (Å²) in [7, 11) is 0. The summed E-state index contributed by atoms with van der Waals surface area (Å²) in [5.41, 5.74) is 1.62. The van der Waals surface area contributed by atoms with Crippen molar-refractivity contribution in [3.8, 4) is 0 Å². The Morgan fingerprint density at radius 3 is 2.85 bits per heavy atom. The Morgan fingerprint density at radius 2 is 2.31 bits per heavy atom. The minimum atomic E-state index is 0.106. The molecule has 0 unspecified atom stereocenters. The average Bonchev–Trinajstić information content (AvgIpc) is 2.76. The summed E-state index contributed by atoms with van der Waals surface area (Å²) in [6.07, 6.45) is 2.43. The number of rotatable bonds is 3. The number of carbonyl (C=O) groups is 1. The lowest BCUT2D eigenvalue weighted by molar-refractivity contribution is 0.101. The average molecular weight is 196 g/mol. The lowest BCUT2D eigenvalue weighted by Crippen LogP contribution is -2.04. The van der Waals surface area contributed by atoms with E-state index in [0.29, 0.717) is 6.04 Å². The summed E-state index contributed by atoms with van der Waals surface area (Å²) in [4.78, 5) is 11.3. The summed E-state index contributed by atoms with van der Waals surface area (Å²) in [5, 5.41) is 4.27. The zero-order valence-electron chi connectivity index (χ0n) is 7.76. The lowest BCUT2D eigenvalue weighted by Gasteiger charge is -2.01. The summed E-state index contributed by atoms with van der Waals surface area (Å²) >= 11 is 1.39. The molecule has 1 aromatic heterocycles. The van der Waals surface area contributed by atoms with Crippen molar-refractivity contribution in [3.05, 3.63) is 11.3 Å². The second-order valence-electron chi connectivity index (χ2n) is 3.45. The fraction of sp³-hybridized carbons (Fsp3) is 0.556. The topological polar surface area (TPSA) is 42.0 Å². The molecule has 1 aromatic rings. The monoisotopic (exact) mass is 196 g/mol. The van der Waals surface area contributed by atoms with E-state index >= 15 is 0 Å². The van der Waals surface area contributed by atoms with E-state index in [1.54, 1.807) is 6.92 Å². The summed E-state index contributed by atoms with van der Waals surface area (Å²) < 4.78 is 4.18. The number of aryl methyl sites for hydroxylation is 1. The molecule has 0 saturated heterocycles. The first-order valence-electron chi connectivity index (χ1n) is 4.42. The normalized spacial score (nSPS) is 15.8. The molecule has 0 atom stereocenters. The van der Waals surface area contributed by atoms with Gasteiger partial charge in [-0.05, 0) is 38.2 Å². The Labute approximate surface area is 81.3 Å². The first kappa shape index (κ1) is 8.69. The van der Waals surface area contributed by atoms with E-state index in [2.05, 4.69) is 9.69 Å². The zero-order chi connectivity index (χ0) is 9.42. The van der Waals surface area contributed by atoms with Crippen LogP contribution in [-0.2, 0) is 0 Å². The summed E-state index contributed by atoms with van der Waals surface area (Å²) in [6.45, 7) is 3.47. The predicted octanol–water partition coefficient (Wildman–Crippen LogP) is 2.23. The van der Waals surface area contributed by atoms with Crippen LogP contribution in [0.1, 0.15) is 35.8 Å². The third-order valence-electron chi connectivity index (χ3n) is 2.13. The van der Waals surface area contributed by atoms with E-state index < -0.39 is 0 Å². The number of carbonyl (C=O) groups excluding carboxylic acids is 1. The number of anilines is 1. The molecule has 0 aromatic carbocycles. The number of aromatic nitrogens is 1. The molecule has 3 nitrogen and oxygen atoms in total. The first-order valence-corrected chi connectivity index (χ1v) is 5.19.